The fraction of sp³-hybridized carbons (Fsp3) is 0.250. The Morgan fingerprint density at radius 1 is 1.12 bits per heavy atom. The molecule has 3 N–H and O–H groups in total. The highest BCUT2D eigenvalue weighted by Crippen LogP contribution is 2.37. The van der Waals surface area contributed by atoms with Gasteiger partial charge in [0.1, 0.15) is 24.7 Å². The Balaban J connectivity index is 1.54. The number of nitrogens with one attached hydrogen (secondary N) is 2. The number of aliphatic hydroxyl groups excluding tert-OH is 1. The third-order valence-corrected chi connectivity index (χ3v) is 5.15. The summed E-state index contributed by atoms with van der Waals surface area (Å²) in [6.45, 7) is 3.85. The van der Waals surface area contributed by atoms with Gasteiger partial charge in [-0.3, -0.25) is 9.78 Å². The van der Waals surface area contributed by atoms with E-state index in [0.717, 1.165) is 16.7 Å². The van der Waals surface area contributed by atoms with Gasteiger partial charge in [-0.2, -0.15) is 0 Å². The lowest BCUT2D eigenvalue weighted by atomic mass is 9.98. The van der Waals surface area contributed by atoms with Crippen LogP contribution in [0.25, 0.3) is 11.1 Å². The minimum atomic E-state index is -0.464. The number of ether oxygens (including phenoxy) is 2. The van der Waals surface area contributed by atoms with Crippen molar-refractivity contribution >= 4 is 11.6 Å². The van der Waals surface area contributed by atoms with E-state index in [-0.39, 0.29) is 12.3 Å². The zero-order valence-corrected chi connectivity index (χ0v) is 17.7. The van der Waals surface area contributed by atoms with E-state index >= 15 is 0 Å². The average Bonchev–Trinajstić information content (AvgIpc) is 2.81. The van der Waals surface area contributed by atoms with Crippen LogP contribution in [0.15, 0.2) is 48.7 Å². The highest BCUT2D eigenvalue weighted by Gasteiger charge is 2.17. The lowest BCUT2D eigenvalue weighted by molar-refractivity contribution is 0.102. The van der Waals surface area contributed by atoms with Crippen LogP contribution in [-0.4, -0.2) is 42.4 Å². The molecule has 1 aliphatic rings. The minimum absolute atomic E-state index is 0.0507. The molecule has 0 atom stereocenters. The lowest BCUT2D eigenvalue weighted by Gasteiger charge is -2.20. The number of pyridine rings is 1. The Bertz CT molecular complexity index is 1120. The maximum Gasteiger partial charge on any atom is 0.274 e. The third kappa shape index (κ3) is 4.87. The van der Waals surface area contributed by atoms with Crippen LogP contribution in [0.1, 0.15) is 21.6 Å². The number of amides is 1. The maximum atomic E-state index is 14.4. The molecule has 0 unspecified atom stereocenters. The van der Waals surface area contributed by atoms with E-state index in [1.54, 1.807) is 24.4 Å². The van der Waals surface area contributed by atoms with Crippen molar-refractivity contribution < 1.29 is 23.8 Å². The number of hydrogen-bond donors (Lipinski definition) is 3. The SMILES string of the molecule is Cc1c(NC(=O)c2ccc(CNCCO)cn2)cc(F)cc1-c1ccc2c(c1)OCCO2. The van der Waals surface area contributed by atoms with Crippen molar-refractivity contribution in [2.75, 3.05) is 31.7 Å². The second-order valence-corrected chi connectivity index (χ2v) is 7.39. The molecule has 7 nitrogen and oxygen atoms in total. The maximum absolute atomic E-state index is 14.4. The molecule has 0 fully saturated rings. The first-order chi connectivity index (χ1) is 15.5. The van der Waals surface area contributed by atoms with Crippen molar-refractivity contribution in [1.29, 1.82) is 0 Å². The molecule has 0 bridgehead atoms. The second kappa shape index (κ2) is 9.76. The second-order valence-electron chi connectivity index (χ2n) is 7.39. The molecule has 0 spiro atoms. The molecular weight excluding hydrogens is 413 g/mol. The van der Waals surface area contributed by atoms with Gasteiger partial charge in [-0.1, -0.05) is 12.1 Å². The zero-order chi connectivity index (χ0) is 22.5. The van der Waals surface area contributed by atoms with Crippen molar-refractivity contribution in [1.82, 2.24) is 10.3 Å². The zero-order valence-electron chi connectivity index (χ0n) is 17.7. The van der Waals surface area contributed by atoms with E-state index in [4.69, 9.17) is 14.6 Å². The summed E-state index contributed by atoms with van der Waals surface area (Å²) in [5, 5.41) is 14.6. The number of halogens is 1. The molecule has 1 aliphatic heterocycles. The fourth-order valence-electron chi connectivity index (χ4n) is 3.48. The number of carbonyl (C=O) groups excluding carboxylic acids is 1. The number of fused-ring (bicyclic) bond motifs is 1. The quantitative estimate of drug-likeness (QED) is 0.491. The third-order valence-electron chi connectivity index (χ3n) is 5.15. The Labute approximate surface area is 185 Å². The topological polar surface area (TPSA) is 92.7 Å². The predicted molar refractivity (Wildman–Crippen MR) is 119 cm³/mol. The summed E-state index contributed by atoms with van der Waals surface area (Å²) in [6.07, 6.45) is 1.60. The highest BCUT2D eigenvalue weighted by molar-refractivity contribution is 6.03. The fourth-order valence-corrected chi connectivity index (χ4v) is 3.48. The molecule has 2 aromatic carbocycles. The predicted octanol–water partition coefficient (Wildman–Crippen LogP) is 3.30. The van der Waals surface area contributed by atoms with Crippen LogP contribution in [0.4, 0.5) is 10.1 Å². The number of anilines is 1. The Hall–Kier alpha value is -3.49. The minimum Gasteiger partial charge on any atom is -0.486 e. The monoisotopic (exact) mass is 437 g/mol. The first-order valence-electron chi connectivity index (χ1n) is 10.3. The largest absolute Gasteiger partial charge is 0.486 e. The van der Waals surface area contributed by atoms with E-state index in [9.17, 15) is 9.18 Å². The van der Waals surface area contributed by atoms with Crippen molar-refractivity contribution in [2.45, 2.75) is 13.5 Å². The first kappa shape index (κ1) is 21.7. The number of aromatic nitrogens is 1. The summed E-state index contributed by atoms with van der Waals surface area (Å²) in [5.41, 5.74) is 3.62. The van der Waals surface area contributed by atoms with Crippen LogP contribution in [0, 0.1) is 12.7 Å². The molecule has 4 rings (SSSR count). The van der Waals surface area contributed by atoms with Crippen LogP contribution in [0.2, 0.25) is 0 Å². The van der Waals surface area contributed by atoms with Crippen molar-refractivity contribution in [3.63, 3.8) is 0 Å². The van der Waals surface area contributed by atoms with E-state index < -0.39 is 11.7 Å². The molecule has 166 valence electrons. The van der Waals surface area contributed by atoms with Gasteiger partial charge in [0.15, 0.2) is 11.5 Å². The van der Waals surface area contributed by atoms with Gasteiger partial charge in [0, 0.05) is 25.0 Å². The Kier molecular flexibility index (Phi) is 6.63. The normalized spacial score (nSPS) is 12.5. The molecule has 2 heterocycles. The van der Waals surface area contributed by atoms with Gasteiger partial charge < -0.3 is 25.2 Å². The molecule has 32 heavy (non-hydrogen) atoms. The highest BCUT2D eigenvalue weighted by atomic mass is 19.1. The number of aliphatic hydroxyl groups is 1. The summed E-state index contributed by atoms with van der Waals surface area (Å²) in [7, 11) is 0. The van der Waals surface area contributed by atoms with Crippen LogP contribution in [0.5, 0.6) is 11.5 Å². The van der Waals surface area contributed by atoms with Gasteiger partial charge >= 0.3 is 0 Å². The van der Waals surface area contributed by atoms with E-state index in [2.05, 4.69) is 15.6 Å². The summed E-state index contributed by atoms with van der Waals surface area (Å²) in [5.74, 6) is 0.375. The summed E-state index contributed by atoms with van der Waals surface area (Å²) >= 11 is 0. The van der Waals surface area contributed by atoms with Crippen LogP contribution >= 0.6 is 0 Å². The standard InChI is InChI=1S/C24H24FN3O4/c1-15-19(17-3-5-22-23(10-17)32-9-8-31-22)11-18(25)12-21(15)28-24(30)20-4-2-16(14-27-20)13-26-6-7-29/h2-5,10-12,14,26,29H,6-9,13H2,1H3,(H,28,30). The number of hydrogen-bond acceptors (Lipinski definition) is 6. The number of nitrogens with zero attached hydrogens (tertiary/aromatic N) is 1. The summed E-state index contributed by atoms with van der Waals surface area (Å²) in [4.78, 5) is 16.9. The van der Waals surface area contributed by atoms with Gasteiger partial charge in [0.25, 0.3) is 5.91 Å². The molecule has 8 heteroatoms. The van der Waals surface area contributed by atoms with Gasteiger partial charge in [0.05, 0.1) is 6.61 Å². The number of rotatable bonds is 7. The Morgan fingerprint density at radius 3 is 2.69 bits per heavy atom. The van der Waals surface area contributed by atoms with Crippen molar-refractivity contribution in [3.8, 4) is 22.6 Å². The van der Waals surface area contributed by atoms with Crippen molar-refractivity contribution in [3.05, 3.63) is 71.3 Å². The smallest absolute Gasteiger partial charge is 0.274 e. The van der Waals surface area contributed by atoms with Gasteiger partial charge in [-0.15, -0.1) is 0 Å². The number of benzene rings is 2. The van der Waals surface area contributed by atoms with Crippen LogP contribution in [-0.2, 0) is 6.54 Å². The number of carbonyl (C=O) groups is 1. The molecule has 0 saturated carbocycles. The van der Waals surface area contributed by atoms with Gasteiger partial charge in [0.2, 0.25) is 0 Å². The van der Waals surface area contributed by atoms with E-state index in [1.165, 1.54) is 12.1 Å². The van der Waals surface area contributed by atoms with Crippen LogP contribution < -0.4 is 20.1 Å². The van der Waals surface area contributed by atoms with Gasteiger partial charge in [-0.25, -0.2) is 4.39 Å². The molecule has 0 saturated heterocycles. The molecule has 3 aromatic rings. The summed E-state index contributed by atoms with van der Waals surface area (Å²) < 4.78 is 25.6. The molecule has 1 aromatic heterocycles. The van der Waals surface area contributed by atoms with Crippen LogP contribution in [0.3, 0.4) is 0 Å². The van der Waals surface area contributed by atoms with Crippen molar-refractivity contribution in [2.24, 2.45) is 0 Å². The molecular formula is C24H24FN3O4. The average molecular weight is 437 g/mol. The van der Waals surface area contributed by atoms with Gasteiger partial charge in [-0.05, 0) is 59.5 Å². The molecule has 1 amide bonds. The lowest BCUT2D eigenvalue weighted by Crippen LogP contribution is -2.18. The molecule has 0 radical (unpaired) electrons. The van der Waals surface area contributed by atoms with E-state index in [1.807, 2.05) is 19.1 Å². The first-order valence-corrected chi connectivity index (χ1v) is 10.3. The summed E-state index contributed by atoms with van der Waals surface area (Å²) in [6, 6.07) is 11.6. The molecule has 0 aliphatic carbocycles. The van der Waals surface area contributed by atoms with E-state index in [0.29, 0.717) is 49.1 Å². The Morgan fingerprint density at radius 2 is 1.94 bits per heavy atom.